The molecule has 0 aliphatic carbocycles. The van der Waals surface area contributed by atoms with E-state index < -0.39 is 0 Å². The fourth-order valence-electron chi connectivity index (χ4n) is 1.96. The Kier molecular flexibility index (Phi) is 2.29. The molecule has 0 saturated carbocycles. The van der Waals surface area contributed by atoms with E-state index in [1.807, 2.05) is 30.3 Å². The molecular formula is C13H8BBrO. The summed E-state index contributed by atoms with van der Waals surface area (Å²) >= 11 is 3.50. The molecule has 1 aliphatic rings. The lowest BCUT2D eigenvalue weighted by molar-refractivity contribution is 0.457. The van der Waals surface area contributed by atoms with E-state index in [1.165, 1.54) is 5.56 Å². The van der Waals surface area contributed by atoms with Crippen LogP contribution in [0, 0.1) is 0 Å². The Labute approximate surface area is 104 Å². The Morgan fingerprint density at radius 3 is 2.88 bits per heavy atom. The molecule has 2 radical (unpaired) electrons. The minimum Gasteiger partial charge on any atom is -0.456 e. The summed E-state index contributed by atoms with van der Waals surface area (Å²) in [5, 5.41) is 0. The Morgan fingerprint density at radius 2 is 2.00 bits per heavy atom. The summed E-state index contributed by atoms with van der Waals surface area (Å²) in [7, 11) is 5.77. The Hall–Kier alpha value is -1.22. The average molecular weight is 271 g/mol. The number of ether oxygens (including phenoxy) is 1. The van der Waals surface area contributed by atoms with Crippen LogP contribution in [0.4, 0.5) is 0 Å². The SMILES string of the molecule is [B]c1ccc2c(c1)Cc1cccc(Br)c1O2. The van der Waals surface area contributed by atoms with Crippen molar-refractivity contribution in [1.82, 2.24) is 0 Å². The fraction of sp³-hybridized carbons (Fsp3) is 0.0769. The van der Waals surface area contributed by atoms with E-state index >= 15 is 0 Å². The van der Waals surface area contributed by atoms with Gasteiger partial charge >= 0.3 is 0 Å². The number of hydrogen-bond acceptors (Lipinski definition) is 1. The van der Waals surface area contributed by atoms with E-state index in [0.717, 1.165) is 33.4 Å². The van der Waals surface area contributed by atoms with Gasteiger partial charge in [0.2, 0.25) is 0 Å². The standard InChI is InChI=1S/C13H8BBrO/c14-10-4-5-12-9(7-10)6-8-2-1-3-11(15)13(8)16-12/h1-5,7H,6H2. The van der Waals surface area contributed by atoms with Crippen LogP contribution in [0.3, 0.4) is 0 Å². The molecule has 2 aromatic carbocycles. The van der Waals surface area contributed by atoms with Crippen LogP contribution < -0.4 is 10.2 Å². The third-order valence-corrected chi connectivity index (χ3v) is 3.35. The molecule has 0 atom stereocenters. The zero-order valence-electron chi connectivity index (χ0n) is 8.53. The molecule has 3 rings (SSSR count). The Morgan fingerprint density at radius 1 is 1.12 bits per heavy atom. The van der Waals surface area contributed by atoms with Crippen molar-refractivity contribution in [2.45, 2.75) is 6.42 Å². The van der Waals surface area contributed by atoms with Crippen LogP contribution in [-0.4, -0.2) is 7.85 Å². The third-order valence-electron chi connectivity index (χ3n) is 2.73. The maximum absolute atomic E-state index is 5.86. The zero-order chi connectivity index (χ0) is 11.1. The van der Waals surface area contributed by atoms with Crippen LogP contribution >= 0.6 is 15.9 Å². The Balaban J connectivity index is 2.13. The summed E-state index contributed by atoms with van der Waals surface area (Å²) < 4.78 is 6.85. The highest BCUT2D eigenvalue weighted by Crippen LogP contribution is 2.40. The monoisotopic (exact) mass is 270 g/mol. The molecule has 1 aliphatic heterocycles. The molecule has 3 heteroatoms. The number of benzene rings is 2. The molecular weight excluding hydrogens is 263 g/mol. The highest BCUT2D eigenvalue weighted by atomic mass is 79.9. The van der Waals surface area contributed by atoms with Gasteiger partial charge < -0.3 is 4.74 Å². The topological polar surface area (TPSA) is 9.23 Å². The predicted octanol–water partition coefficient (Wildman–Crippen LogP) is 2.94. The van der Waals surface area contributed by atoms with Crippen LogP contribution in [0.5, 0.6) is 11.5 Å². The molecule has 0 bridgehead atoms. The second-order valence-electron chi connectivity index (χ2n) is 3.87. The Bertz CT molecular complexity index is 566. The number of halogens is 1. The maximum atomic E-state index is 5.86. The molecule has 0 spiro atoms. The van der Waals surface area contributed by atoms with Gasteiger partial charge in [0.25, 0.3) is 0 Å². The van der Waals surface area contributed by atoms with E-state index in [4.69, 9.17) is 12.6 Å². The zero-order valence-corrected chi connectivity index (χ0v) is 10.1. The molecule has 16 heavy (non-hydrogen) atoms. The van der Waals surface area contributed by atoms with Crippen LogP contribution in [-0.2, 0) is 6.42 Å². The van der Waals surface area contributed by atoms with Crippen molar-refractivity contribution in [2.75, 3.05) is 0 Å². The minimum absolute atomic E-state index is 0.779. The van der Waals surface area contributed by atoms with Crippen molar-refractivity contribution in [3.8, 4) is 11.5 Å². The first kappa shape index (κ1) is 9.97. The van der Waals surface area contributed by atoms with Crippen LogP contribution in [0.1, 0.15) is 11.1 Å². The van der Waals surface area contributed by atoms with E-state index in [2.05, 4.69) is 22.0 Å². The van der Waals surface area contributed by atoms with Crippen LogP contribution in [0.15, 0.2) is 40.9 Å². The van der Waals surface area contributed by atoms with Gasteiger partial charge in [-0.05, 0) is 33.6 Å². The normalized spacial score (nSPS) is 12.6. The summed E-state index contributed by atoms with van der Waals surface area (Å²) in [6.07, 6.45) is 0.870. The molecule has 2 aromatic rings. The first-order chi connectivity index (χ1) is 7.74. The summed E-state index contributed by atoms with van der Waals surface area (Å²) in [5.74, 6) is 1.81. The van der Waals surface area contributed by atoms with E-state index in [0.29, 0.717) is 0 Å². The van der Waals surface area contributed by atoms with Crippen LogP contribution in [0.25, 0.3) is 0 Å². The summed E-state index contributed by atoms with van der Waals surface area (Å²) in [6, 6.07) is 11.8. The van der Waals surface area contributed by atoms with Crippen molar-refractivity contribution in [2.24, 2.45) is 0 Å². The molecule has 0 unspecified atom stereocenters. The number of para-hydroxylation sites is 1. The fourth-order valence-corrected chi connectivity index (χ4v) is 2.45. The van der Waals surface area contributed by atoms with Crippen molar-refractivity contribution in [3.05, 3.63) is 52.0 Å². The highest BCUT2D eigenvalue weighted by Gasteiger charge is 2.18. The van der Waals surface area contributed by atoms with E-state index in [9.17, 15) is 0 Å². The largest absolute Gasteiger partial charge is 0.456 e. The van der Waals surface area contributed by atoms with Crippen molar-refractivity contribution < 1.29 is 4.74 Å². The van der Waals surface area contributed by atoms with Gasteiger partial charge in [0.15, 0.2) is 0 Å². The van der Waals surface area contributed by atoms with E-state index in [1.54, 1.807) is 0 Å². The molecule has 0 saturated heterocycles. The molecule has 1 heterocycles. The second-order valence-corrected chi connectivity index (χ2v) is 4.73. The van der Waals surface area contributed by atoms with Gasteiger partial charge in [-0.15, -0.1) is 0 Å². The molecule has 1 nitrogen and oxygen atoms in total. The van der Waals surface area contributed by atoms with Gasteiger partial charge in [0, 0.05) is 12.0 Å². The summed E-state index contributed by atoms with van der Waals surface area (Å²) in [6.45, 7) is 0. The number of hydrogen-bond donors (Lipinski definition) is 0. The summed E-state index contributed by atoms with van der Waals surface area (Å²) in [5.41, 5.74) is 3.11. The third kappa shape index (κ3) is 1.56. The lowest BCUT2D eigenvalue weighted by atomic mass is 9.91. The molecule has 0 fully saturated rings. The first-order valence-electron chi connectivity index (χ1n) is 5.08. The smallest absolute Gasteiger partial charge is 0.145 e. The number of rotatable bonds is 0. The lowest BCUT2D eigenvalue weighted by Crippen LogP contribution is -2.09. The van der Waals surface area contributed by atoms with Gasteiger partial charge in [-0.1, -0.05) is 29.7 Å². The average Bonchev–Trinajstić information content (AvgIpc) is 2.27. The number of fused-ring (bicyclic) bond motifs is 2. The van der Waals surface area contributed by atoms with Gasteiger partial charge in [0.05, 0.1) is 4.47 Å². The highest BCUT2D eigenvalue weighted by molar-refractivity contribution is 9.10. The maximum Gasteiger partial charge on any atom is 0.145 e. The molecule has 0 aromatic heterocycles. The summed E-state index contributed by atoms with van der Waals surface area (Å²) in [4.78, 5) is 0. The van der Waals surface area contributed by atoms with Crippen molar-refractivity contribution in [1.29, 1.82) is 0 Å². The van der Waals surface area contributed by atoms with Gasteiger partial charge in [-0.3, -0.25) is 0 Å². The van der Waals surface area contributed by atoms with Gasteiger partial charge in [-0.25, -0.2) is 0 Å². The molecule has 0 amide bonds. The molecule has 0 N–H and O–H groups in total. The predicted molar refractivity (Wildman–Crippen MR) is 68.9 cm³/mol. The second kappa shape index (κ2) is 3.67. The van der Waals surface area contributed by atoms with Gasteiger partial charge in [-0.2, -0.15) is 0 Å². The lowest BCUT2D eigenvalue weighted by Gasteiger charge is -2.21. The van der Waals surface area contributed by atoms with Crippen molar-refractivity contribution in [3.63, 3.8) is 0 Å². The molecule has 76 valence electrons. The quantitative estimate of drug-likeness (QED) is 0.571. The van der Waals surface area contributed by atoms with E-state index in [-0.39, 0.29) is 0 Å². The van der Waals surface area contributed by atoms with Crippen LogP contribution in [0.2, 0.25) is 0 Å². The first-order valence-corrected chi connectivity index (χ1v) is 5.87. The minimum atomic E-state index is 0.779. The van der Waals surface area contributed by atoms with Gasteiger partial charge in [0.1, 0.15) is 19.3 Å². The van der Waals surface area contributed by atoms with Crippen molar-refractivity contribution >= 4 is 29.2 Å².